The molecule has 1 aliphatic heterocycles. The van der Waals surface area contributed by atoms with Gasteiger partial charge >= 0.3 is 0 Å². The summed E-state index contributed by atoms with van der Waals surface area (Å²) in [4.78, 5) is 0. The maximum atomic E-state index is 6.04. The molecule has 20 heavy (non-hydrogen) atoms. The molecule has 2 atom stereocenters. The zero-order valence-corrected chi connectivity index (χ0v) is 14.6. The number of rotatable bonds is 6. The number of unbranched alkanes of at least 4 members (excludes halogenated alkanes) is 1. The standard InChI is InChI=1S/C17H30O2Si/c1-5-6-7-8-11-16(13-15-20(2,3)4)19-17-12-9-10-14-18-17/h7-8,16-17H,5-6,9-12,14H2,1-4H3/b8-7-. The van der Waals surface area contributed by atoms with Gasteiger partial charge in [0.05, 0.1) is 0 Å². The molecule has 3 heteroatoms. The third-order valence-corrected chi connectivity index (χ3v) is 3.93. The predicted octanol–water partition coefficient (Wildman–Crippen LogP) is 4.53. The van der Waals surface area contributed by atoms with Crippen molar-refractivity contribution in [3.8, 4) is 11.5 Å². The first-order valence-electron chi connectivity index (χ1n) is 7.96. The van der Waals surface area contributed by atoms with E-state index in [1.807, 2.05) is 0 Å². The van der Waals surface area contributed by atoms with Gasteiger partial charge in [-0.15, -0.1) is 5.54 Å². The molecular formula is C17H30O2Si. The summed E-state index contributed by atoms with van der Waals surface area (Å²) in [6.07, 6.45) is 10.9. The fraction of sp³-hybridized carbons (Fsp3) is 0.765. The van der Waals surface area contributed by atoms with Gasteiger partial charge in [-0.3, -0.25) is 0 Å². The van der Waals surface area contributed by atoms with Gasteiger partial charge in [-0.2, -0.15) is 0 Å². The largest absolute Gasteiger partial charge is 0.353 e. The van der Waals surface area contributed by atoms with Crippen LogP contribution in [0.15, 0.2) is 12.2 Å². The van der Waals surface area contributed by atoms with E-state index >= 15 is 0 Å². The molecule has 0 aromatic rings. The summed E-state index contributed by atoms with van der Waals surface area (Å²) < 4.78 is 11.7. The molecule has 0 radical (unpaired) electrons. The van der Waals surface area contributed by atoms with Crippen molar-refractivity contribution in [2.75, 3.05) is 6.61 Å². The third-order valence-electron chi connectivity index (χ3n) is 3.03. The summed E-state index contributed by atoms with van der Waals surface area (Å²) in [6.45, 7) is 9.81. The highest BCUT2D eigenvalue weighted by Crippen LogP contribution is 2.17. The van der Waals surface area contributed by atoms with Gasteiger partial charge in [-0.1, -0.05) is 51.1 Å². The second-order valence-corrected chi connectivity index (χ2v) is 11.2. The van der Waals surface area contributed by atoms with Crippen molar-refractivity contribution in [2.45, 2.75) is 77.5 Å². The van der Waals surface area contributed by atoms with E-state index in [2.05, 4.69) is 50.2 Å². The normalized spacial score (nSPS) is 21.5. The minimum absolute atomic E-state index is 0.0158. The minimum Gasteiger partial charge on any atom is -0.353 e. The van der Waals surface area contributed by atoms with Crippen LogP contribution in [0.2, 0.25) is 19.6 Å². The van der Waals surface area contributed by atoms with Crippen LogP contribution in [-0.2, 0) is 9.47 Å². The summed E-state index contributed by atoms with van der Waals surface area (Å²) in [5.74, 6) is 3.34. The monoisotopic (exact) mass is 294 g/mol. The van der Waals surface area contributed by atoms with Crippen LogP contribution in [0.1, 0.15) is 45.4 Å². The lowest BCUT2D eigenvalue weighted by atomic mass is 10.2. The van der Waals surface area contributed by atoms with Gasteiger partial charge in [-0.25, -0.2) is 0 Å². The SMILES string of the molecule is CCC/C=C\CC(C#C[Si](C)(C)C)OC1CCCCO1. The van der Waals surface area contributed by atoms with Gasteiger partial charge in [0.15, 0.2) is 6.29 Å². The molecule has 0 amide bonds. The number of hydrogen-bond acceptors (Lipinski definition) is 2. The van der Waals surface area contributed by atoms with E-state index < -0.39 is 8.07 Å². The topological polar surface area (TPSA) is 18.5 Å². The van der Waals surface area contributed by atoms with Gasteiger partial charge in [0.25, 0.3) is 0 Å². The quantitative estimate of drug-likeness (QED) is 0.407. The van der Waals surface area contributed by atoms with Crippen LogP contribution in [0.5, 0.6) is 0 Å². The molecule has 1 saturated heterocycles. The first-order chi connectivity index (χ1) is 9.51. The van der Waals surface area contributed by atoms with Crippen LogP contribution in [0.4, 0.5) is 0 Å². The summed E-state index contributed by atoms with van der Waals surface area (Å²) in [5, 5.41) is 0. The zero-order chi connectivity index (χ0) is 14.8. The second-order valence-electron chi connectivity index (χ2n) is 6.44. The molecule has 1 fully saturated rings. The van der Waals surface area contributed by atoms with Crippen LogP contribution < -0.4 is 0 Å². The van der Waals surface area contributed by atoms with Crippen molar-refractivity contribution >= 4 is 8.07 Å². The van der Waals surface area contributed by atoms with E-state index in [0.717, 1.165) is 32.3 Å². The predicted molar refractivity (Wildman–Crippen MR) is 88.3 cm³/mol. The summed E-state index contributed by atoms with van der Waals surface area (Å²) in [5.41, 5.74) is 3.43. The molecule has 1 rings (SSSR count). The maximum Gasteiger partial charge on any atom is 0.159 e. The van der Waals surface area contributed by atoms with Crippen LogP contribution in [0, 0.1) is 11.5 Å². The van der Waals surface area contributed by atoms with E-state index in [9.17, 15) is 0 Å². The number of ether oxygens (including phenoxy) is 2. The summed E-state index contributed by atoms with van der Waals surface area (Å²) in [7, 11) is -1.35. The Hall–Kier alpha value is -0.563. The lowest BCUT2D eigenvalue weighted by Crippen LogP contribution is -2.27. The molecule has 0 N–H and O–H groups in total. The third kappa shape index (κ3) is 8.58. The van der Waals surface area contributed by atoms with E-state index in [0.29, 0.717) is 0 Å². The average molecular weight is 295 g/mol. The lowest BCUT2D eigenvalue weighted by molar-refractivity contribution is -0.175. The van der Waals surface area contributed by atoms with Gasteiger partial charge in [0.1, 0.15) is 14.2 Å². The highest BCUT2D eigenvalue weighted by Gasteiger charge is 2.18. The molecule has 2 unspecified atom stereocenters. The van der Waals surface area contributed by atoms with Gasteiger partial charge in [-0.05, 0) is 25.7 Å². The van der Waals surface area contributed by atoms with Crippen molar-refractivity contribution in [3.05, 3.63) is 12.2 Å². The molecule has 1 heterocycles. The second kappa shape index (κ2) is 9.39. The molecule has 0 aromatic carbocycles. The van der Waals surface area contributed by atoms with E-state index in [1.165, 1.54) is 12.8 Å². The maximum absolute atomic E-state index is 6.04. The molecule has 0 saturated carbocycles. The molecular weight excluding hydrogens is 264 g/mol. The fourth-order valence-electron chi connectivity index (χ4n) is 1.95. The molecule has 0 bridgehead atoms. The van der Waals surface area contributed by atoms with Crippen molar-refractivity contribution in [1.82, 2.24) is 0 Å². The Balaban J connectivity index is 2.54. The lowest BCUT2D eigenvalue weighted by Gasteiger charge is -2.25. The molecule has 0 spiro atoms. The van der Waals surface area contributed by atoms with Gasteiger partial charge in [0.2, 0.25) is 0 Å². The van der Waals surface area contributed by atoms with Gasteiger partial charge in [0, 0.05) is 13.0 Å². The van der Waals surface area contributed by atoms with Crippen LogP contribution in [0.25, 0.3) is 0 Å². The highest BCUT2D eigenvalue weighted by molar-refractivity contribution is 6.83. The van der Waals surface area contributed by atoms with E-state index in [1.54, 1.807) is 0 Å². The first-order valence-corrected chi connectivity index (χ1v) is 11.5. The first kappa shape index (κ1) is 17.5. The fourth-order valence-corrected chi connectivity index (χ4v) is 2.55. The summed E-state index contributed by atoms with van der Waals surface area (Å²) >= 11 is 0. The molecule has 2 nitrogen and oxygen atoms in total. The van der Waals surface area contributed by atoms with E-state index in [4.69, 9.17) is 9.47 Å². The van der Waals surface area contributed by atoms with Crippen LogP contribution in [-0.4, -0.2) is 27.1 Å². The Bertz CT molecular complexity index is 340. The molecule has 1 aliphatic rings. The Kier molecular flexibility index (Phi) is 8.21. The summed E-state index contributed by atoms with van der Waals surface area (Å²) in [6, 6.07) is 0. The zero-order valence-electron chi connectivity index (χ0n) is 13.6. The van der Waals surface area contributed by atoms with Crippen molar-refractivity contribution in [1.29, 1.82) is 0 Å². The number of allylic oxidation sites excluding steroid dienone is 1. The minimum atomic E-state index is -1.35. The van der Waals surface area contributed by atoms with Gasteiger partial charge < -0.3 is 9.47 Å². The van der Waals surface area contributed by atoms with Crippen LogP contribution in [0.3, 0.4) is 0 Å². The van der Waals surface area contributed by atoms with Crippen LogP contribution >= 0.6 is 0 Å². The Morgan fingerprint density at radius 3 is 2.70 bits per heavy atom. The Morgan fingerprint density at radius 1 is 1.30 bits per heavy atom. The Labute approximate surface area is 125 Å². The Morgan fingerprint density at radius 2 is 2.10 bits per heavy atom. The average Bonchev–Trinajstić information content (AvgIpc) is 2.41. The molecule has 0 aromatic heterocycles. The van der Waals surface area contributed by atoms with E-state index in [-0.39, 0.29) is 12.4 Å². The van der Waals surface area contributed by atoms with Crippen molar-refractivity contribution in [3.63, 3.8) is 0 Å². The number of hydrogen-bond donors (Lipinski definition) is 0. The van der Waals surface area contributed by atoms with Crippen molar-refractivity contribution in [2.24, 2.45) is 0 Å². The highest BCUT2D eigenvalue weighted by atomic mass is 28.3. The van der Waals surface area contributed by atoms with Crippen molar-refractivity contribution < 1.29 is 9.47 Å². The molecule has 114 valence electrons. The molecule has 0 aliphatic carbocycles. The smallest absolute Gasteiger partial charge is 0.159 e.